The maximum Gasteiger partial charge on any atom is 0.392 e. The SMILES string of the molecule is O=C(COCC(F)(F)S(=O)(=O)O)Oc1c(C2CCCCC2)cc(C2CCCCC2)cc1C1CCCCC1. The summed E-state index contributed by atoms with van der Waals surface area (Å²) < 4.78 is 68.0. The molecule has 3 fully saturated rings. The molecule has 0 saturated heterocycles. The highest BCUT2D eigenvalue weighted by Crippen LogP contribution is 2.47. The Bertz CT molecular complexity index is 984. The number of benzene rings is 1. The topological polar surface area (TPSA) is 89.9 Å². The molecule has 1 aromatic carbocycles. The number of halogens is 2. The van der Waals surface area contributed by atoms with Crippen LogP contribution in [0.2, 0.25) is 0 Å². The second kappa shape index (κ2) is 12.5. The van der Waals surface area contributed by atoms with Crippen molar-refractivity contribution in [1.29, 1.82) is 0 Å². The van der Waals surface area contributed by atoms with Crippen molar-refractivity contribution in [2.45, 2.75) is 119 Å². The first-order chi connectivity index (χ1) is 17.7. The first-order valence-corrected chi connectivity index (χ1v) is 15.4. The lowest BCUT2D eigenvalue weighted by Crippen LogP contribution is -2.34. The second-order valence-corrected chi connectivity index (χ2v) is 12.7. The standard InChI is InChI=1S/C28H40F2O6S/c29-28(30,37(32,33)34)19-35-18-26(31)36-27-24(21-12-6-2-7-13-21)16-23(20-10-4-1-5-11-20)17-25(27)22-14-8-3-9-15-22/h16-17,20-22H,1-15,18-19H2,(H,32,33,34). The van der Waals surface area contributed by atoms with Crippen LogP contribution in [0.15, 0.2) is 12.1 Å². The van der Waals surface area contributed by atoms with E-state index in [0.29, 0.717) is 11.7 Å². The number of hydrogen-bond donors (Lipinski definition) is 1. The largest absolute Gasteiger partial charge is 0.424 e. The number of carbonyl (C=O) groups is 1. The summed E-state index contributed by atoms with van der Waals surface area (Å²) in [5.41, 5.74) is 3.45. The van der Waals surface area contributed by atoms with E-state index in [-0.39, 0.29) is 11.8 Å². The van der Waals surface area contributed by atoms with Crippen molar-refractivity contribution in [1.82, 2.24) is 0 Å². The molecule has 0 spiro atoms. The Balaban J connectivity index is 1.63. The van der Waals surface area contributed by atoms with Crippen molar-refractivity contribution in [3.05, 3.63) is 28.8 Å². The number of carbonyl (C=O) groups excluding carboxylic acids is 1. The summed E-state index contributed by atoms with van der Waals surface area (Å²) in [7, 11) is -5.63. The van der Waals surface area contributed by atoms with E-state index in [1.54, 1.807) is 0 Å². The average Bonchev–Trinajstić information content (AvgIpc) is 2.89. The van der Waals surface area contributed by atoms with Crippen molar-refractivity contribution in [3.8, 4) is 5.75 Å². The molecular formula is C28H40F2O6S. The Kier molecular flexibility index (Phi) is 9.62. The molecule has 208 valence electrons. The van der Waals surface area contributed by atoms with Crippen LogP contribution < -0.4 is 4.74 Å². The van der Waals surface area contributed by atoms with Gasteiger partial charge in [-0.15, -0.1) is 0 Å². The van der Waals surface area contributed by atoms with Gasteiger partial charge < -0.3 is 9.47 Å². The zero-order valence-corrected chi connectivity index (χ0v) is 22.4. The molecule has 6 nitrogen and oxygen atoms in total. The lowest BCUT2D eigenvalue weighted by molar-refractivity contribution is -0.141. The van der Waals surface area contributed by atoms with Crippen LogP contribution in [-0.4, -0.2) is 37.4 Å². The van der Waals surface area contributed by atoms with E-state index in [9.17, 15) is 22.0 Å². The molecule has 0 atom stereocenters. The first kappa shape index (κ1) is 28.4. The molecule has 3 aliphatic carbocycles. The number of ether oxygens (including phenoxy) is 2. The number of hydrogen-bond acceptors (Lipinski definition) is 5. The summed E-state index contributed by atoms with van der Waals surface area (Å²) in [5.74, 6) is 0.799. The van der Waals surface area contributed by atoms with Crippen molar-refractivity contribution < 1.29 is 36.0 Å². The summed E-state index contributed by atoms with van der Waals surface area (Å²) >= 11 is 0. The predicted octanol–water partition coefficient (Wildman–Crippen LogP) is 7.23. The van der Waals surface area contributed by atoms with Gasteiger partial charge in [-0.3, -0.25) is 4.55 Å². The molecule has 1 aromatic rings. The molecule has 0 aliphatic heterocycles. The van der Waals surface area contributed by atoms with Crippen LogP contribution in [0.3, 0.4) is 0 Å². The molecule has 0 amide bonds. The highest BCUT2D eigenvalue weighted by atomic mass is 32.2. The van der Waals surface area contributed by atoms with Crippen LogP contribution in [0.1, 0.15) is 131 Å². The molecule has 1 N–H and O–H groups in total. The Hall–Kier alpha value is -1.58. The van der Waals surface area contributed by atoms with Crippen LogP contribution in [-0.2, 0) is 19.6 Å². The third kappa shape index (κ3) is 7.30. The van der Waals surface area contributed by atoms with E-state index in [0.717, 1.165) is 62.5 Å². The summed E-state index contributed by atoms with van der Waals surface area (Å²) in [6, 6.07) is 4.49. The lowest BCUT2D eigenvalue weighted by atomic mass is 9.75. The highest BCUT2D eigenvalue weighted by Gasteiger charge is 2.44. The molecular weight excluding hydrogens is 502 g/mol. The average molecular weight is 543 g/mol. The summed E-state index contributed by atoms with van der Waals surface area (Å²) in [4.78, 5) is 12.8. The number of rotatable bonds is 9. The summed E-state index contributed by atoms with van der Waals surface area (Å²) in [6.07, 6.45) is 17.1. The van der Waals surface area contributed by atoms with Gasteiger partial charge in [0.05, 0.1) is 0 Å². The molecule has 0 aromatic heterocycles. The molecule has 0 unspecified atom stereocenters. The van der Waals surface area contributed by atoms with Gasteiger partial charge in [-0.25, -0.2) is 4.79 Å². The number of esters is 1. The fraction of sp³-hybridized carbons (Fsp3) is 0.750. The molecule has 0 radical (unpaired) electrons. The Morgan fingerprint density at radius 2 is 1.24 bits per heavy atom. The van der Waals surface area contributed by atoms with E-state index in [2.05, 4.69) is 16.9 Å². The highest BCUT2D eigenvalue weighted by molar-refractivity contribution is 7.86. The molecule has 4 rings (SSSR count). The summed E-state index contributed by atoms with van der Waals surface area (Å²) in [6.45, 7) is -2.45. The molecule has 0 heterocycles. The van der Waals surface area contributed by atoms with E-state index in [1.807, 2.05) is 0 Å². The first-order valence-electron chi connectivity index (χ1n) is 14.0. The zero-order chi connectivity index (χ0) is 26.5. The van der Waals surface area contributed by atoms with E-state index < -0.39 is 34.6 Å². The van der Waals surface area contributed by atoms with Gasteiger partial charge in [0.1, 0.15) is 19.0 Å². The fourth-order valence-electron chi connectivity index (χ4n) is 6.39. The minimum absolute atomic E-state index is 0.284. The molecule has 3 aliphatic rings. The van der Waals surface area contributed by atoms with Crippen molar-refractivity contribution in [3.63, 3.8) is 0 Å². The molecule has 9 heteroatoms. The third-order valence-electron chi connectivity index (χ3n) is 8.42. The van der Waals surface area contributed by atoms with Gasteiger partial charge >= 0.3 is 21.3 Å². The normalized spacial score (nSPS) is 21.2. The van der Waals surface area contributed by atoms with Crippen molar-refractivity contribution in [2.75, 3.05) is 13.2 Å². The number of alkyl halides is 2. The maximum absolute atomic E-state index is 13.5. The fourth-order valence-corrected chi connectivity index (χ4v) is 6.62. The zero-order valence-electron chi connectivity index (χ0n) is 21.6. The van der Waals surface area contributed by atoms with Gasteiger partial charge in [0.2, 0.25) is 0 Å². The second-order valence-electron chi connectivity index (χ2n) is 11.1. The molecule has 37 heavy (non-hydrogen) atoms. The summed E-state index contributed by atoms with van der Waals surface area (Å²) in [5, 5.41) is -4.49. The van der Waals surface area contributed by atoms with E-state index in [1.165, 1.54) is 50.5 Å². The van der Waals surface area contributed by atoms with E-state index in [4.69, 9.17) is 9.29 Å². The Labute approximate surface area is 219 Å². The van der Waals surface area contributed by atoms with Gasteiger partial charge in [-0.2, -0.15) is 17.2 Å². The predicted molar refractivity (Wildman–Crippen MR) is 137 cm³/mol. The van der Waals surface area contributed by atoms with Gasteiger partial charge in [-0.05, 0) is 73.0 Å². The van der Waals surface area contributed by atoms with Gasteiger partial charge in [0.25, 0.3) is 0 Å². The van der Waals surface area contributed by atoms with Crippen LogP contribution in [0.25, 0.3) is 0 Å². The maximum atomic E-state index is 13.5. The Morgan fingerprint density at radius 3 is 1.68 bits per heavy atom. The Morgan fingerprint density at radius 1 is 0.811 bits per heavy atom. The molecule has 0 bridgehead atoms. The lowest BCUT2D eigenvalue weighted by Gasteiger charge is -2.32. The van der Waals surface area contributed by atoms with Crippen LogP contribution in [0.5, 0.6) is 5.75 Å². The molecule has 3 saturated carbocycles. The quantitative estimate of drug-likeness (QED) is 0.201. The van der Waals surface area contributed by atoms with Crippen LogP contribution in [0.4, 0.5) is 8.78 Å². The smallest absolute Gasteiger partial charge is 0.392 e. The minimum Gasteiger partial charge on any atom is -0.424 e. The third-order valence-corrected chi connectivity index (χ3v) is 9.29. The van der Waals surface area contributed by atoms with Crippen molar-refractivity contribution in [2.24, 2.45) is 0 Å². The monoisotopic (exact) mass is 542 g/mol. The minimum atomic E-state index is -5.63. The van der Waals surface area contributed by atoms with Crippen molar-refractivity contribution >= 4 is 16.1 Å². The van der Waals surface area contributed by atoms with Gasteiger partial charge in [0.15, 0.2) is 0 Å². The van der Waals surface area contributed by atoms with E-state index >= 15 is 0 Å². The van der Waals surface area contributed by atoms with Crippen LogP contribution >= 0.6 is 0 Å². The van der Waals surface area contributed by atoms with Gasteiger partial charge in [-0.1, -0.05) is 69.9 Å². The van der Waals surface area contributed by atoms with Crippen LogP contribution in [0, 0.1) is 0 Å². The van der Waals surface area contributed by atoms with Gasteiger partial charge in [0, 0.05) is 0 Å².